The van der Waals surface area contributed by atoms with Crippen LogP contribution in [0.25, 0.3) is 0 Å². The van der Waals surface area contributed by atoms with E-state index >= 15 is 0 Å². The average molecular weight is 249 g/mol. The summed E-state index contributed by atoms with van der Waals surface area (Å²) in [6, 6.07) is 6.71. The largest absolute Gasteiger partial charge is 0.491 e. The summed E-state index contributed by atoms with van der Waals surface area (Å²) < 4.78 is 5.70. The van der Waals surface area contributed by atoms with Gasteiger partial charge in [0, 0.05) is 12.6 Å². The van der Waals surface area contributed by atoms with Crippen molar-refractivity contribution in [3.05, 3.63) is 29.3 Å². The molecule has 1 aliphatic carbocycles. The molecular weight excluding hydrogens is 226 g/mol. The quantitative estimate of drug-likeness (QED) is 0.812. The molecule has 1 saturated carbocycles. The number of aryl methyl sites for hydroxylation is 2. The van der Waals surface area contributed by atoms with Crippen LogP contribution in [0.4, 0.5) is 0 Å². The molecule has 0 spiro atoms. The van der Waals surface area contributed by atoms with E-state index in [0.717, 1.165) is 5.75 Å². The van der Waals surface area contributed by atoms with Gasteiger partial charge in [-0.15, -0.1) is 0 Å². The number of rotatable bonds is 6. The molecule has 1 atom stereocenters. The Bertz CT molecular complexity index is 391. The minimum absolute atomic E-state index is 0.315. The Morgan fingerprint density at radius 3 is 2.44 bits per heavy atom. The molecule has 0 saturated heterocycles. The predicted molar refractivity (Wildman–Crippen MR) is 73.1 cm³/mol. The van der Waals surface area contributed by atoms with Gasteiger partial charge in [-0.1, -0.05) is 6.07 Å². The molecule has 1 aromatic carbocycles. The minimum Gasteiger partial charge on any atom is -0.491 e. The summed E-state index contributed by atoms with van der Waals surface area (Å²) in [5, 5.41) is 13.5. The summed E-state index contributed by atoms with van der Waals surface area (Å²) >= 11 is 0. The zero-order chi connectivity index (χ0) is 13.2. The van der Waals surface area contributed by atoms with Crippen LogP contribution in [0.5, 0.6) is 5.75 Å². The number of aliphatic hydroxyl groups is 1. The second-order valence-corrected chi connectivity index (χ2v) is 5.76. The molecule has 1 aliphatic rings. The Hall–Kier alpha value is -1.06. The third kappa shape index (κ3) is 4.31. The van der Waals surface area contributed by atoms with E-state index in [1.54, 1.807) is 0 Å². The van der Waals surface area contributed by atoms with Crippen LogP contribution in [0.15, 0.2) is 18.2 Å². The van der Waals surface area contributed by atoms with E-state index in [-0.39, 0.29) is 0 Å². The van der Waals surface area contributed by atoms with Crippen LogP contribution in [0.2, 0.25) is 0 Å². The first-order valence-electron chi connectivity index (χ1n) is 6.61. The van der Waals surface area contributed by atoms with E-state index in [1.165, 1.54) is 24.0 Å². The van der Waals surface area contributed by atoms with Crippen molar-refractivity contribution >= 4 is 0 Å². The molecule has 1 unspecified atom stereocenters. The molecule has 1 fully saturated rings. The Balaban J connectivity index is 1.84. The van der Waals surface area contributed by atoms with Crippen molar-refractivity contribution in [1.82, 2.24) is 5.32 Å². The van der Waals surface area contributed by atoms with Crippen LogP contribution in [-0.2, 0) is 0 Å². The summed E-state index contributed by atoms with van der Waals surface area (Å²) in [6.07, 6.45) is 2.46. The lowest BCUT2D eigenvalue weighted by Crippen LogP contribution is -2.43. The second kappa shape index (κ2) is 5.29. The Morgan fingerprint density at radius 1 is 1.28 bits per heavy atom. The van der Waals surface area contributed by atoms with E-state index < -0.39 is 5.60 Å². The smallest absolute Gasteiger partial charge is 0.119 e. The lowest BCUT2D eigenvalue weighted by atomic mass is 10.1. The van der Waals surface area contributed by atoms with Crippen molar-refractivity contribution in [3.8, 4) is 5.75 Å². The van der Waals surface area contributed by atoms with Crippen LogP contribution in [0, 0.1) is 13.8 Å². The Morgan fingerprint density at radius 2 is 1.89 bits per heavy atom. The fraction of sp³-hybridized carbons (Fsp3) is 0.600. The van der Waals surface area contributed by atoms with Gasteiger partial charge in [0.2, 0.25) is 0 Å². The van der Waals surface area contributed by atoms with Gasteiger partial charge in [0.25, 0.3) is 0 Å². The van der Waals surface area contributed by atoms with E-state index in [1.807, 2.05) is 32.9 Å². The molecule has 2 N–H and O–H groups in total. The van der Waals surface area contributed by atoms with Gasteiger partial charge >= 0.3 is 0 Å². The normalized spacial score (nSPS) is 18.4. The second-order valence-electron chi connectivity index (χ2n) is 5.76. The zero-order valence-corrected chi connectivity index (χ0v) is 11.5. The molecular formula is C15H23NO2. The third-order valence-corrected chi connectivity index (χ3v) is 3.09. The standard InChI is InChI=1S/C15H23NO2/c1-11-6-12(2)8-14(7-11)18-10-15(3,17)9-16-13-4-5-13/h6-8,13,16-17H,4-5,9-10H2,1-3H3. The molecule has 1 aromatic rings. The lowest BCUT2D eigenvalue weighted by Gasteiger charge is -2.24. The van der Waals surface area contributed by atoms with Crippen molar-refractivity contribution in [2.75, 3.05) is 13.2 Å². The van der Waals surface area contributed by atoms with Gasteiger partial charge in [0.15, 0.2) is 0 Å². The molecule has 0 heterocycles. The van der Waals surface area contributed by atoms with Gasteiger partial charge in [-0.2, -0.15) is 0 Å². The van der Waals surface area contributed by atoms with Crippen LogP contribution >= 0.6 is 0 Å². The maximum absolute atomic E-state index is 10.2. The van der Waals surface area contributed by atoms with Crippen LogP contribution < -0.4 is 10.1 Å². The fourth-order valence-electron chi connectivity index (χ4n) is 1.96. The summed E-state index contributed by atoms with van der Waals surface area (Å²) in [4.78, 5) is 0. The first-order valence-corrected chi connectivity index (χ1v) is 6.61. The SMILES string of the molecule is Cc1cc(C)cc(OCC(C)(O)CNC2CC2)c1. The molecule has 0 bridgehead atoms. The number of benzene rings is 1. The number of ether oxygens (including phenoxy) is 1. The van der Waals surface area contributed by atoms with Gasteiger partial charge in [0.05, 0.1) is 0 Å². The zero-order valence-electron chi connectivity index (χ0n) is 11.5. The summed E-state index contributed by atoms with van der Waals surface area (Å²) in [7, 11) is 0. The van der Waals surface area contributed by atoms with Crippen LogP contribution in [0.3, 0.4) is 0 Å². The number of hydrogen-bond acceptors (Lipinski definition) is 3. The van der Waals surface area contributed by atoms with Crippen LogP contribution in [-0.4, -0.2) is 29.9 Å². The average Bonchev–Trinajstić information content (AvgIpc) is 3.07. The molecule has 0 aromatic heterocycles. The van der Waals surface area contributed by atoms with Crippen molar-refractivity contribution in [2.45, 2.75) is 45.3 Å². The maximum Gasteiger partial charge on any atom is 0.119 e. The predicted octanol–water partition coefficient (Wildman–Crippen LogP) is 2.19. The summed E-state index contributed by atoms with van der Waals surface area (Å²) in [6.45, 7) is 6.81. The minimum atomic E-state index is -0.819. The topological polar surface area (TPSA) is 41.5 Å². The first kappa shape index (κ1) is 13.4. The summed E-state index contributed by atoms with van der Waals surface area (Å²) in [5.74, 6) is 0.833. The maximum atomic E-state index is 10.2. The molecule has 0 aliphatic heterocycles. The van der Waals surface area contributed by atoms with Gasteiger partial charge in [-0.05, 0) is 56.9 Å². The van der Waals surface area contributed by atoms with Crippen LogP contribution in [0.1, 0.15) is 30.9 Å². The fourth-order valence-corrected chi connectivity index (χ4v) is 1.96. The van der Waals surface area contributed by atoms with Crippen molar-refractivity contribution in [3.63, 3.8) is 0 Å². The van der Waals surface area contributed by atoms with Gasteiger partial charge in [0.1, 0.15) is 18.0 Å². The highest BCUT2D eigenvalue weighted by molar-refractivity contribution is 5.33. The molecule has 2 rings (SSSR count). The Kier molecular flexibility index (Phi) is 3.93. The van der Waals surface area contributed by atoms with E-state index in [2.05, 4.69) is 11.4 Å². The van der Waals surface area contributed by atoms with Gasteiger partial charge in [-0.25, -0.2) is 0 Å². The lowest BCUT2D eigenvalue weighted by molar-refractivity contribution is 0.0120. The highest BCUT2D eigenvalue weighted by Gasteiger charge is 2.27. The van der Waals surface area contributed by atoms with Gasteiger partial charge < -0.3 is 15.2 Å². The van der Waals surface area contributed by atoms with E-state index in [0.29, 0.717) is 19.2 Å². The highest BCUT2D eigenvalue weighted by atomic mass is 16.5. The molecule has 18 heavy (non-hydrogen) atoms. The molecule has 0 radical (unpaired) electrons. The first-order chi connectivity index (χ1) is 8.44. The third-order valence-electron chi connectivity index (χ3n) is 3.09. The highest BCUT2D eigenvalue weighted by Crippen LogP contribution is 2.20. The van der Waals surface area contributed by atoms with Gasteiger partial charge in [-0.3, -0.25) is 0 Å². The van der Waals surface area contributed by atoms with E-state index in [9.17, 15) is 5.11 Å². The van der Waals surface area contributed by atoms with Crippen molar-refractivity contribution in [1.29, 1.82) is 0 Å². The van der Waals surface area contributed by atoms with Crippen molar-refractivity contribution < 1.29 is 9.84 Å². The van der Waals surface area contributed by atoms with Crippen molar-refractivity contribution in [2.24, 2.45) is 0 Å². The molecule has 0 amide bonds. The summed E-state index contributed by atoms with van der Waals surface area (Å²) in [5.41, 5.74) is 1.54. The monoisotopic (exact) mass is 249 g/mol. The Labute approximate surface area is 109 Å². The van der Waals surface area contributed by atoms with E-state index in [4.69, 9.17) is 4.74 Å². The molecule has 3 heteroatoms. The molecule has 100 valence electrons. The number of nitrogens with one attached hydrogen (secondary N) is 1. The molecule has 3 nitrogen and oxygen atoms in total. The number of hydrogen-bond donors (Lipinski definition) is 2.